The van der Waals surface area contributed by atoms with Crippen molar-refractivity contribution in [1.29, 1.82) is 0 Å². The normalized spacial score (nSPS) is 12.5. The number of hydrogen-bond acceptors (Lipinski definition) is 4. The van der Waals surface area contributed by atoms with E-state index >= 15 is 0 Å². The van der Waals surface area contributed by atoms with Crippen LogP contribution < -0.4 is 5.32 Å². The molecule has 1 N–H and O–H groups in total. The first-order valence-electron chi connectivity index (χ1n) is 4.19. The van der Waals surface area contributed by atoms with E-state index in [1.807, 2.05) is 0 Å². The van der Waals surface area contributed by atoms with Gasteiger partial charge in [0.15, 0.2) is 5.22 Å². The summed E-state index contributed by atoms with van der Waals surface area (Å²) in [5.74, 6) is 0.383. The predicted octanol–water partition coefficient (Wildman–Crippen LogP) is 1.58. The van der Waals surface area contributed by atoms with Crippen LogP contribution in [0.1, 0.15) is 12.7 Å². The average Bonchev–Trinajstić information content (AvgIpc) is 2.59. The second kappa shape index (κ2) is 5.02. The summed E-state index contributed by atoms with van der Waals surface area (Å²) in [5.41, 5.74) is 0. The number of esters is 1. The van der Waals surface area contributed by atoms with Crippen molar-refractivity contribution >= 4 is 17.6 Å². The van der Waals surface area contributed by atoms with Crippen LogP contribution in [0, 0.1) is 0 Å². The molecule has 14 heavy (non-hydrogen) atoms. The van der Waals surface area contributed by atoms with Crippen LogP contribution in [-0.4, -0.2) is 19.1 Å². The molecule has 0 aliphatic carbocycles. The standard InChI is InChI=1S/C9H12ClNO3/c1-6(9(12)13-2)11-5-7-3-4-8(10)14-7/h3-4,6,11H,5H2,1-2H3/t6-/m0/s1. The Kier molecular flexibility index (Phi) is 3.98. The van der Waals surface area contributed by atoms with Gasteiger partial charge in [0.1, 0.15) is 11.8 Å². The number of rotatable bonds is 4. The zero-order valence-electron chi connectivity index (χ0n) is 8.04. The van der Waals surface area contributed by atoms with E-state index < -0.39 is 0 Å². The first-order valence-corrected chi connectivity index (χ1v) is 4.56. The van der Waals surface area contributed by atoms with E-state index in [2.05, 4.69) is 10.1 Å². The van der Waals surface area contributed by atoms with Crippen LogP contribution in [-0.2, 0) is 16.1 Å². The van der Waals surface area contributed by atoms with E-state index in [4.69, 9.17) is 16.0 Å². The van der Waals surface area contributed by atoms with Crippen molar-refractivity contribution in [2.24, 2.45) is 0 Å². The smallest absolute Gasteiger partial charge is 0.322 e. The predicted molar refractivity (Wildman–Crippen MR) is 52.0 cm³/mol. The number of methoxy groups -OCH3 is 1. The van der Waals surface area contributed by atoms with Gasteiger partial charge in [0.25, 0.3) is 0 Å². The molecule has 0 saturated heterocycles. The lowest BCUT2D eigenvalue weighted by molar-refractivity contribution is -0.142. The van der Waals surface area contributed by atoms with Gasteiger partial charge in [-0.25, -0.2) is 0 Å². The molecule has 0 aliphatic rings. The van der Waals surface area contributed by atoms with Crippen LogP contribution >= 0.6 is 11.6 Å². The molecule has 0 bridgehead atoms. The first kappa shape index (κ1) is 11.1. The number of carbonyl (C=O) groups is 1. The molecule has 1 rings (SSSR count). The van der Waals surface area contributed by atoms with Crippen molar-refractivity contribution < 1.29 is 13.9 Å². The van der Waals surface area contributed by atoms with Gasteiger partial charge in [0.2, 0.25) is 0 Å². The molecule has 0 radical (unpaired) electrons. The molecule has 0 unspecified atom stereocenters. The molecular weight excluding hydrogens is 206 g/mol. The second-order valence-electron chi connectivity index (χ2n) is 2.83. The highest BCUT2D eigenvalue weighted by atomic mass is 35.5. The monoisotopic (exact) mass is 217 g/mol. The maximum atomic E-state index is 11.0. The van der Waals surface area contributed by atoms with Crippen LogP contribution in [0.25, 0.3) is 0 Å². The van der Waals surface area contributed by atoms with Crippen molar-refractivity contribution in [2.75, 3.05) is 7.11 Å². The van der Waals surface area contributed by atoms with E-state index in [0.717, 1.165) is 0 Å². The summed E-state index contributed by atoms with van der Waals surface area (Å²) >= 11 is 5.58. The molecule has 0 aliphatic heterocycles. The van der Waals surface area contributed by atoms with Crippen LogP contribution in [0.5, 0.6) is 0 Å². The van der Waals surface area contributed by atoms with Gasteiger partial charge in [-0.05, 0) is 30.7 Å². The Balaban J connectivity index is 2.37. The number of ether oxygens (including phenoxy) is 1. The van der Waals surface area contributed by atoms with Crippen LogP contribution in [0.15, 0.2) is 16.5 Å². The molecule has 0 saturated carbocycles. The molecule has 1 aromatic rings. The molecule has 0 spiro atoms. The minimum absolute atomic E-state index is 0.303. The summed E-state index contributed by atoms with van der Waals surface area (Å²) in [6, 6.07) is 3.05. The highest BCUT2D eigenvalue weighted by Crippen LogP contribution is 2.12. The Morgan fingerprint density at radius 1 is 1.71 bits per heavy atom. The van der Waals surface area contributed by atoms with E-state index in [0.29, 0.717) is 17.5 Å². The molecule has 5 heteroatoms. The van der Waals surface area contributed by atoms with Gasteiger partial charge in [-0.2, -0.15) is 0 Å². The van der Waals surface area contributed by atoms with Crippen molar-refractivity contribution in [1.82, 2.24) is 5.32 Å². The summed E-state index contributed by atoms with van der Waals surface area (Å²) < 4.78 is 9.65. The third-order valence-corrected chi connectivity index (χ3v) is 1.97. The lowest BCUT2D eigenvalue weighted by Crippen LogP contribution is -2.34. The molecule has 0 aromatic carbocycles. The van der Waals surface area contributed by atoms with Crippen molar-refractivity contribution in [2.45, 2.75) is 19.5 Å². The molecular formula is C9H12ClNO3. The minimum Gasteiger partial charge on any atom is -0.468 e. The highest BCUT2D eigenvalue weighted by Gasteiger charge is 2.12. The number of furan rings is 1. The van der Waals surface area contributed by atoms with Gasteiger partial charge in [-0.3, -0.25) is 10.1 Å². The minimum atomic E-state index is -0.358. The van der Waals surface area contributed by atoms with Crippen molar-refractivity contribution in [3.63, 3.8) is 0 Å². The van der Waals surface area contributed by atoms with Gasteiger partial charge in [-0.15, -0.1) is 0 Å². The Hall–Kier alpha value is -1.00. The van der Waals surface area contributed by atoms with Gasteiger partial charge >= 0.3 is 5.97 Å². The second-order valence-corrected chi connectivity index (χ2v) is 3.20. The van der Waals surface area contributed by atoms with E-state index in [-0.39, 0.29) is 12.0 Å². The van der Waals surface area contributed by atoms with E-state index in [1.165, 1.54) is 7.11 Å². The molecule has 0 fully saturated rings. The molecule has 0 amide bonds. The highest BCUT2D eigenvalue weighted by molar-refractivity contribution is 6.28. The average molecular weight is 218 g/mol. The number of halogens is 1. The van der Waals surface area contributed by atoms with Gasteiger partial charge in [0.05, 0.1) is 13.7 Å². The van der Waals surface area contributed by atoms with Crippen LogP contribution in [0.3, 0.4) is 0 Å². The molecule has 78 valence electrons. The van der Waals surface area contributed by atoms with E-state index in [9.17, 15) is 4.79 Å². The summed E-state index contributed by atoms with van der Waals surface area (Å²) in [5, 5.41) is 3.28. The maximum absolute atomic E-state index is 11.0. The molecule has 1 heterocycles. The fraction of sp³-hybridized carbons (Fsp3) is 0.444. The summed E-state index contributed by atoms with van der Waals surface area (Å²) in [7, 11) is 1.35. The summed E-state index contributed by atoms with van der Waals surface area (Å²) in [6.07, 6.45) is 0. The Morgan fingerprint density at radius 3 is 2.93 bits per heavy atom. The SMILES string of the molecule is COC(=O)[C@H](C)NCc1ccc(Cl)o1. The lowest BCUT2D eigenvalue weighted by atomic mass is 10.3. The van der Waals surface area contributed by atoms with Gasteiger partial charge in [0, 0.05) is 0 Å². The summed E-state index contributed by atoms with van der Waals surface area (Å²) in [6.45, 7) is 2.17. The first-order chi connectivity index (χ1) is 6.63. The Morgan fingerprint density at radius 2 is 2.43 bits per heavy atom. The molecule has 4 nitrogen and oxygen atoms in total. The summed E-state index contributed by atoms with van der Waals surface area (Å²) in [4.78, 5) is 11.0. The molecule has 1 atom stereocenters. The third-order valence-electron chi connectivity index (χ3n) is 1.77. The topological polar surface area (TPSA) is 51.5 Å². The number of carbonyl (C=O) groups excluding carboxylic acids is 1. The molecule has 1 aromatic heterocycles. The zero-order valence-corrected chi connectivity index (χ0v) is 8.80. The van der Waals surface area contributed by atoms with E-state index in [1.54, 1.807) is 19.1 Å². The fourth-order valence-corrected chi connectivity index (χ4v) is 1.12. The van der Waals surface area contributed by atoms with Crippen molar-refractivity contribution in [3.05, 3.63) is 23.1 Å². The maximum Gasteiger partial charge on any atom is 0.322 e. The van der Waals surface area contributed by atoms with Gasteiger partial charge in [-0.1, -0.05) is 0 Å². The number of hydrogen-bond donors (Lipinski definition) is 1. The van der Waals surface area contributed by atoms with Crippen molar-refractivity contribution in [3.8, 4) is 0 Å². The largest absolute Gasteiger partial charge is 0.468 e. The fourth-order valence-electron chi connectivity index (χ4n) is 0.961. The lowest BCUT2D eigenvalue weighted by Gasteiger charge is -2.09. The third kappa shape index (κ3) is 3.05. The van der Waals surface area contributed by atoms with Crippen LogP contribution in [0.4, 0.5) is 0 Å². The quantitative estimate of drug-likeness (QED) is 0.779. The van der Waals surface area contributed by atoms with Gasteiger partial charge < -0.3 is 9.15 Å². The zero-order chi connectivity index (χ0) is 10.6. The Labute approximate surface area is 87.2 Å². The van der Waals surface area contributed by atoms with Crippen LogP contribution in [0.2, 0.25) is 5.22 Å². The Bertz CT molecular complexity index is 311. The number of nitrogens with one attached hydrogen (secondary N) is 1.